The largest absolute Gasteiger partial charge is 0.468 e. The molecule has 0 aromatic carbocycles. The highest BCUT2D eigenvalue weighted by Crippen LogP contribution is 2.21. The highest BCUT2D eigenvalue weighted by atomic mass is 32.2. The van der Waals surface area contributed by atoms with Crippen LogP contribution >= 0.6 is 0 Å². The molecular weight excluding hydrogens is 310 g/mol. The van der Waals surface area contributed by atoms with Crippen LogP contribution in [0.15, 0.2) is 17.3 Å². The first-order chi connectivity index (χ1) is 10.5. The Hall–Kier alpha value is -1.45. The van der Waals surface area contributed by atoms with Crippen molar-refractivity contribution >= 4 is 16.0 Å². The molecule has 2 heterocycles. The van der Waals surface area contributed by atoms with E-state index in [1.165, 1.54) is 19.5 Å². The van der Waals surface area contributed by atoms with Crippen LogP contribution in [0.3, 0.4) is 0 Å². The molecule has 1 aromatic heterocycles. The van der Waals surface area contributed by atoms with Crippen LogP contribution < -0.4 is 0 Å². The third kappa shape index (κ3) is 3.65. The molecule has 2 rings (SSSR count). The average molecular weight is 331 g/mol. The number of sulfonamides is 1. The van der Waals surface area contributed by atoms with Gasteiger partial charge in [-0.25, -0.2) is 8.42 Å². The third-order valence-electron chi connectivity index (χ3n) is 3.50. The summed E-state index contributed by atoms with van der Waals surface area (Å²) in [5.74, 6) is -0.589. The summed E-state index contributed by atoms with van der Waals surface area (Å²) in [6.45, 7) is 2.97. The summed E-state index contributed by atoms with van der Waals surface area (Å²) < 4.78 is 37.8. The van der Waals surface area contributed by atoms with Crippen molar-refractivity contribution in [2.24, 2.45) is 0 Å². The van der Waals surface area contributed by atoms with E-state index in [2.05, 4.69) is 9.84 Å². The number of ether oxygens (including phenoxy) is 2. The van der Waals surface area contributed by atoms with E-state index in [1.54, 1.807) is 4.68 Å². The quantitative estimate of drug-likeness (QED) is 0.673. The van der Waals surface area contributed by atoms with E-state index < -0.39 is 16.0 Å². The molecule has 0 saturated carbocycles. The molecule has 0 aliphatic carbocycles. The van der Waals surface area contributed by atoms with Gasteiger partial charge in [0.05, 0.1) is 26.0 Å². The molecule has 1 aromatic rings. The molecule has 0 N–H and O–H groups in total. The molecule has 0 amide bonds. The fourth-order valence-electron chi connectivity index (χ4n) is 2.28. The van der Waals surface area contributed by atoms with Crippen molar-refractivity contribution in [2.45, 2.75) is 30.7 Å². The number of carbonyl (C=O) groups is 1. The van der Waals surface area contributed by atoms with Crippen LogP contribution in [0, 0.1) is 0 Å². The van der Waals surface area contributed by atoms with E-state index in [0.29, 0.717) is 19.6 Å². The van der Waals surface area contributed by atoms with Crippen LogP contribution in [-0.4, -0.2) is 61.9 Å². The monoisotopic (exact) mass is 331 g/mol. The molecule has 1 saturated heterocycles. The summed E-state index contributed by atoms with van der Waals surface area (Å²) in [6.07, 6.45) is 4.21. The van der Waals surface area contributed by atoms with Crippen molar-refractivity contribution in [1.82, 2.24) is 14.1 Å². The lowest BCUT2D eigenvalue weighted by Gasteiger charge is -2.19. The van der Waals surface area contributed by atoms with E-state index >= 15 is 0 Å². The number of hydrogen-bond acceptors (Lipinski definition) is 6. The molecule has 124 valence electrons. The average Bonchev–Trinajstić information content (AvgIpc) is 3.17. The SMILES string of the molecule is CCCN(CC(=O)OC)S(=O)(=O)c1cnn(C2CCOC2)c1. The van der Waals surface area contributed by atoms with Crippen LogP contribution in [-0.2, 0) is 24.3 Å². The van der Waals surface area contributed by atoms with Crippen molar-refractivity contribution < 1.29 is 22.7 Å². The molecule has 0 radical (unpaired) electrons. The van der Waals surface area contributed by atoms with Crippen LogP contribution in [0.5, 0.6) is 0 Å². The van der Waals surface area contributed by atoms with E-state index in [9.17, 15) is 13.2 Å². The van der Waals surface area contributed by atoms with Gasteiger partial charge in [-0.3, -0.25) is 9.48 Å². The molecule has 8 nitrogen and oxygen atoms in total. The molecule has 1 aliphatic rings. The molecule has 1 atom stereocenters. The fraction of sp³-hybridized carbons (Fsp3) is 0.692. The van der Waals surface area contributed by atoms with E-state index in [-0.39, 0.29) is 24.0 Å². The number of rotatable bonds is 7. The maximum absolute atomic E-state index is 12.6. The second-order valence-corrected chi connectivity index (χ2v) is 7.03. The maximum Gasteiger partial charge on any atom is 0.321 e. The Balaban J connectivity index is 2.20. The first-order valence-corrected chi connectivity index (χ1v) is 8.62. The van der Waals surface area contributed by atoms with E-state index in [4.69, 9.17) is 4.74 Å². The smallest absolute Gasteiger partial charge is 0.321 e. The van der Waals surface area contributed by atoms with Crippen molar-refractivity contribution in [3.05, 3.63) is 12.4 Å². The lowest BCUT2D eigenvalue weighted by atomic mass is 10.3. The predicted octanol–water partition coefficient (Wildman–Crippen LogP) is 0.418. The molecule has 1 aliphatic heterocycles. The second-order valence-electron chi connectivity index (χ2n) is 5.09. The lowest BCUT2D eigenvalue weighted by Crippen LogP contribution is -2.36. The highest BCUT2D eigenvalue weighted by Gasteiger charge is 2.29. The summed E-state index contributed by atoms with van der Waals surface area (Å²) in [6, 6.07) is 0.0594. The van der Waals surface area contributed by atoms with Gasteiger partial charge in [0.25, 0.3) is 0 Å². The molecule has 9 heteroatoms. The van der Waals surface area contributed by atoms with Gasteiger partial charge >= 0.3 is 5.97 Å². The number of nitrogens with zero attached hydrogens (tertiary/aromatic N) is 3. The van der Waals surface area contributed by atoms with Gasteiger partial charge in [-0.05, 0) is 12.8 Å². The van der Waals surface area contributed by atoms with Crippen LogP contribution in [0.2, 0.25) is 0 Å². The number of hydrogen-bond donors (Lipinski definition) is 0. The Kier molecular flexibility index (Phi) is 5.54. The first kappa shape index (κ1) is 16.9. The minimum absolute atomic E-state index is 0.0594. The van der Waals surface area contributed by atoms with Gasteiger partial charge < -0.3 is 9.47 Å². The summed E-state index contributed by atoms with van der Waals surface area (Å²) in [7, 11) is -2.54. The number of methoxy groups -OCH3 is 1. The fourth-order valence-corrected chi connectivity index (χ4v) is 3.69. The standard InChI is InChI=1S/C13H21N3O5S/c1-3-5-15(9-13(17)20-2)22(18,19)12-7-14-16(8-12)11-4-6-21-10-11/h7-8,11H,3-6,9-10H2,1-2H3. The van der Waals surface area contributed by atoms with Gasteiger partial charge in [-0.15, -0.1) is 0 Å². The molecule has 0 bridgehead atoms. The van der Waals surface area contributed by atoms with Crippen LogP contribution in [0.4, 0.5) is 0 Å². The summed E-state index contributed by atoms with van der Waals surface area (Å²) >= 11 is 0. The Morgan fingerprint density at radius 3 is 2.95 bits per heavy atom. The predicted molar refractivity (Wildman–Crippen MR) is 77.8 cm³/mol. The van der Waals surface area contributed by atoms with Crippen LogP contribution in [0.25, 0.3) is 0 Å². The summed E-state index contributed by atoms with van der Waals surface area (Å²) in [4.78, 5) is 11.5. The Morgan fingerprint density at radius 2 is 2.36 bits per heavy atom. The number of carbonyl (C=O) groups excluding carboxylic acids is 1. The lowest BCUT2D eigenvalue weighted by molar-refractivity contribution is -0.140. The topological polar surface area (TPSA) is 90.7 Å². The maximum atomic E-state index is 12.6. The van der Waals surface area contributed by atoms with E-state index in [0.717, 1.165) is 10.7 Å². The minimum Gasteiger partial charge on any atom is -0.468 e. The third-order valence-corrected chi connectivity index (χ3v) is 5.30. The second kappa shape index (κ2) is 7.21. The molecule has 22 heavy (non-hydrogen) atoms. The summed E-state index contributed by atoms with van der Waals surface area (Å²) in [5, 5.41) is 4.12. The molecule has 1 unspecified atom stereocenters. The van der Waals surface area contributed by atoms with Gasteiger partial charge in [-0.2, -0.15) is 9.40 Å². The zero-order chi connectivity index (χ0) is 16.2. The number of esters is 1. The van der Waals surface area contributed by atoms with Gasteiger partial charge in [-0.1, -0.05) is 6.92 Å². The van der Waals surface area contributed by atoms with Gasteiger partial charge in [0, 0.05) is 19.3 Å². The van der Waals surface area contributed by atoms with Crippen molar-refractivity contribution in [1.29, 1.82) is 0 Å². The van der Waals surface area contributed by atoms with Gasteiger partial charge in [0.2, 0.25) is 10.0 Å². The highest BCUT2D eigenvalue weighted by molar-refractivity contribution is 7.89. The zero-order valence-electron chi connectivity index (χ0n) is 12.8. The molecule has 1 fully saturated rings. The molecule has 0 spiro atoms. The zero-order valence-corrected chi connectivity index (χ0v) is 13.6. The van der Waals surface area contributed by atoms with Crippen molar-refractivity contribution in [2.75, 3.05) is 33.4 Å². The Bertz CT molecular complexity index is 607. The van der Waals surface area contributed by atoms with Gasteiger partial charge in [0.15, 0.2) is 0 Å². The number of aromatic nitrogens is 2. The van der Waals surface area contributed by atoms with E-state index in [1.807, 2.05) is 6.92 Å². The van der Waals surface area contributed by atoms with Gasteiger partial charge in [0.1, 0.15) is 11.4 Å². The van der Waals surface area contributed by atoms with Crippen LogP contribution in [0.1, 0.15) is 25.8 Å². The summed E-state index contributed by atoms with van der Waals surface area (Å²) in [5.41, 5.74) is 0. The van der Waals surface area contributed by atoms with Crippen molar-refractivity contribution in [3.63, 3.8) is 0 Å². The minimum atomic E-state index is -3.77. The Morgan fingerprint density at radius 1 is 1.59 bits per heavy atom. The Labute approximate surface area is 130 Å². The van der Waals surface area contributed by atoms with Crippen molar-refractivity contribution in [3.8, 4) is 0 Å². The first-order valence-electron chi connectivity index (χ1n) is 7.18. The molecular formula is C13H21N3O5S. The normalized spacial score (nSPS) is 18.8.